The molecule has 104 valence electrons. The summed E-state index contributed by atoms with van der Waals surface area (Å²) in [4.78, 5) is 13.6. The molecule has 0 bridgehead atoms. The van der Waals surface area contributed by atoms with Gasteiger partial charge < -0.3 is 10.1 Å². The molecule has 0 saturated heterocycles. The van der Waals surface area contributed by atoms with Crippen LogP contribution in [0.5, 0.6) is 0 Å². The first-order chi connectivity index (χ1) is 8.77. The monoisotopic (exact) mass is 262 g/mol. The van der Waals surface area contributed by atoms with E-state index >= 15 is 0 Å². The van der Waals surface area contributed by atoms with Crippen molar-refractivity contribution in [3.63, 3.8) is 0 Å². The third-order valence-corrected chi connectivity index (χ3v) is 4.21. The molecule has 4 nitrogen and oxygen atoms in total. The number of fused-ring (bicyclic) bond motifs is 1. The summed E-state index contributed by atoms with van der Waals surface area (Å²) >= 11 is 0. The van der Waals surface area contributed by atoms with Gasteiger partial charge in [0.05, 0.1) is 11.2 Å². The van der Waals surface area contributed by atoms with E-state index in [-0.39, 0.29) is 5.91 Å². The number of hydroxylamine groups is 2. The van der Waals surface area contributed by atoms with Crippen molar-refractivity contribution >= 4 is 11.6 Å². The van der Waals surface area contributed by atoms with E-state index in [4.69, 9.17) is 0 Å². The molecule has 4 heteroatoms. The molecule has 0 fully saturated rings. The van der Waals surface area contributed by atoms with Gasteiger partial charge >= 0.3 is 0 Å². The zero-order valence-corrected chi connectivity index (χ0v) is 12.3. The summed E-state index contributed by atoms with van der Waals surface area (Å²) in [6, 6.07) is 4.15. The zero-order chi connectivity index (χ0) is 14.4. The number of anilines is 1. The number of benzene rings is 1. The smallest absolute Gasteiger partial charge is 0.223 e. The Balaban J connectivity index is 2.70. The highest BCUT2D eigenvalue weighted by Gasteiger charge is 2.40. The first-order valence-electron chi connectivity index (χ1n) is 6.60. The van der Waals surface area contributed by atoms with Crippen molar-refractivity contribution in [3.8, 4) is 0 Å². The number of hydrogen-bond acceptors (Lipinski definition) is 3. The van der Waals surface area contributed by atoms with Gasteiger partial charge in [-0.1, -0.05) is 17.7 Å². The van der Waals surface area contributed by atoms with Crippen molar-refractivity contribution in [2.45, 2.75) is 39.7 Å². The van der Waals surface area contributed by atoms with Gasteiger partial charge in [-0.3, -0.25) is 4.79 Å². The largest absolute Gasteiger partial charge is 0.313 e. The van der Waals surface area contributed by atoms with Crippen LogP contribution in [0.25, 0.3) is 0 Å². The number of rotatable bonds is 1. The van der Waals surface area contributed by atoms with Gasteiger partial charge in [-0.25, -0.2) is 0 Å². The zero-order valence-electron chi connectivity index (χ0n) is 12.3. The first-order valence-corrected chi connectivity index (χ1v) is 6.60. The molecule has 1 aromatic rings. The average Bonchev–Trinajstić information content (AvgIpc) is 2.29. The van der Waals surface area contributed by atoms with Crippen molar-refractivity contribution in [1.82, 2.24) is 5.06 Å². The van der Waals surface area contributed by atoms with E-state index in [0.717, 1.165) is 28.8 Å². The highest BCUT2D eigenvalue weighted by atomic mass is 16.5. The fraction of sp³-hybridized carbons (Fsp3) is 0.533. The topological polar surface area (TPSA) is 43.8 Å². The minimum atomic E-state index is -0.446. The molecule has 1 amide bonds. The first kappa shape index (κ1) is 14.0. The van der Waals surface area contributed by atoms with Gasteiger partial charge in [0.15, 0.2) is 0 Å². The number of carbonyl (C=O) groups is 1. The summed E-state index contributed by atoms with van der Waals surface area (Å²) in [5, 5.41) is 11.3. The summed E-state index contributed by atoms with van der Waals surface area (Å²) in [6.45, 7) is 8.30. The van der Waals surface area contributed by atoms with E-state index in [1.54, 1.807) is 14.0 Å². The number of carbonyl (C=O) groups excluding carboxylic acids is 1. The van der Waals surface area contributed by atoms with Crippen LogP contribution in [0.4, 0.5) is 5.69 Å². The van der Waals surface area contributed by atoms with Gasteiger partial charge in [-0.2, -0.15) is 5.06 Å². The lowest BCUT2D eigenvalue weighted by Crippen LogP contribution is -2.48. The van der Waals surface area contributed by atoms with E-state index in [1.165, 1.54) is 5.06 Å². The quantitative estimate of drug-likeness (QED) is 0.791. The molecule has 1 aromatic carbocycles. The highest BCUT2D eigenvalue weighted by Crippen LogP contribution is 2.43. The lowest BCUT2D eigenvalue weighted by molar-refractivity contribution is -0.154. The van der Waals surface area contributed by atoms with Crippen molar-refractivity contribution in [2.24, 2.45) is 0 Å². The van der Waals surface area contributed by atoms with Crippen molar-refractivity contribution in [1.29, 1.82) is 0 Å². The molecule has 0 spiro atoms. The number of nitrogens with zero attached hydrogens (tertiary/aromatic N) is 2. The van der Waals surface area contributed by atoms with Crippen LogP contribution in [-0.4, -0.2) is 29.8 Å². The fourth-order valence-electron chi connectivity index (χ4n) is 2.96. The highest BCUT2D eigenvalue weighted by molar-refractivity contribution is 5.94. The van der Waals surface area contributed by atoms with Crippen LogP contribution in [0.1, 0.15) is 37.0 Å². The Morgan fingerprint density at radius 1 is 1.42 bits per heavy atom. The molecular formula is C15H22N2O2. The second-order valence-electron chi connectivity index (χ2n) is 5.70. The van der Waals surface area contributed by atoms with Crippen molar-refractivity contribution in [3.05, 3.63) is 28.8 Å². The summed E-state index contributed by atoms with van der Waals surface area (Å²) in [7, 11) is 1.67. The Bertz CT molecular complexity index is 525. The normalized spacial score (nSPS) is 22.6. The summed E-state index contributed by atoms with van der Waals surface area (Å²) in [5.41, 5.74) is 3.76. The molecule has 0 saturated carbocycles. The van der Waals surface area contributed by atoms with Crippen molar-refractivity contribution < 1.29 is 10.0 Å². The molecule has 1 aliphatic heterocycles. The van der Waals surface area contributed by atoms with Crippen LogP contribution < -0.4 is 4.90 Å². The Labute approximate surface area is 114 Å². The number of aryl methyl sites for hydroxylation is 2. The van der Waals surface area contributed by atoms with E-state index < -0.39 is 5.54 Å². The Kier molecular flexibility index (Phi) is 3.41. The van der Waals surface area contributed by atoms with Gasteiger partial charge in [0.2, 0.25) is 5.91 Å². The lowest BCUT2D eigenvalue weighted by atomic mass is 9.81. The molecule has 19 heavy (non-hydrogen) atoms. The maximum atomic E-state index is 11.8. The second kappa shape index (κ2) is 4.62. The molecule has 1 atom stereocenters. The predicted molar refractivity (Wildman–Crippen MR) is 75.5 cm³/mol. The molecule has 0 aromatic heterocycles. The van der Waals surface area contributed by atoms with Crippen LogP contribution >= 0.6 is 0 Å². The summed E-state index contributed by atoms with van der Waals surface area (Å²) < 4.78 is 0. The Hall–Kier alpha value is -1.39. The maximum Gasteiger partial charge on any atom is 0.223 e. The van der Waals surface area contributed by atoms with Gasteiger partial charge in [0, 0.05) is 20.5 Å². The van der Waals surface area contributed by atoms with Gasteiger partial charge in [0.25, 0.3) is 0 Å². The van der Waals surface area contributed by atoms with Crippen LogP contribution in [0.2, 0.25) is 0 Å². The molecule has 0 aliphatic carbocycles. The molecule has 0 radical (unpaired) electrons. The standard InChI is InChI=1S/C15H22N2O2/c1-10-8-11(2)14-13(9-10)15(4,16(5)19)6-7-17(14)12(3)18/h8-9,19H,6-7H2,1-5H3. The van der Waals surface area contributed by atoms with Gasteiger partial charge in [0.1, 0.15) is 0 Å². The minimum absolute atomic E-state index is 0.0517. The minimum Gasteiger partial charge on any atom is -0.313 e. The lowest BCUT2D eigenvalue weighted by Gasteiger charge is -2.44. The summed E-state index contributed by atoms with van der Waals surface area (Å²) in [5.74, 6) is 0.0517. The van der Waals surface area contributed by atoms with Crippen LogP contribution in [0.15, 0.2) is 12.1 Å². The predicted octanol–water partition coefficient (Wildman–Crippen LogP) is 2.60. The Morgan fingerprint density at radius 3 is 2.58 bits per heavy atom. The van der Waals surface area contributed by atoms with Crippen LogP contribution in [0, 0.1) is 13.8 Å². The molecule has 1 N–H and O–H groups in total. The van der Waals surface area contributed by atoms with E-state index in [0.29, 0.717) is 6.54 Å². The maximum absolute atomic E-state index is 11.8. The van der Waals surface area contributed by atoms with Gasteiger partial charge in [-0.15, -0.1) is 0 Å². The average molecular weight is 262 g/mol. The number of amides is 1. The summed E-state index contributed by atoms with van der Waals surface area (Å²) in [6.07, 6.45) is 0.718. The third-order valence-electron chi connectivity index (χ3n) is 4.21. The van der Waals surface area contributed by atoms with E-state index in [2.05, 4.69) is 12.1 Å². The fourth-order valence-corrected chi connectivity index (χ4v) is 2.96. The van der Waals surface area contributed by atoms with Crippen LogP contribution in [0.3, 0.4) is 0 Å². The van der Waals surface area contributed by atoms with Crippen molar-refractivity contribution in [2.75, 3.05) is 18.5 Å². The molecule has 1 unspecified atom stereocenters. The SMILES string of the molecule is CC(=O)N1CCC(C)(N(C)O)c2cc(C)cc(C)c21. The van der Waals surface area contributed by atoms with Crippen LogP contribution in [-0.2, 0) is 10.3 Å². The number of hydrogen-bond donors (Lipinski definition) is 1. The molecule has 1 aliphatic rings. The van der Waals surface area contributed by atoms with Gasteiger partial charge in [-0.05, 0) is 38.3 Å². The molecule has 1 heterocycles. The molecule has 2 rings (SSSR count). The third kappa shape index (κ3) is 2.15. The van der Waals surface area contributed by atoms with E-state index in [9.17, 15) is 10.0 Å². The van der Waals surface area contributed by atoms with E-state index in [1.807, 2.05) is 25.7 Å². The molecular weight excluding hydrogens is 240 g/mol. The Morgan fingerprint density at radius 2 is 2.05 bits per heavy atom. The second-order valence-corrected chi connectivity index (χ2v) is 5.70.